The predicted molar refractivity (Wildman–Crippen MR) is 108 cm³/mol. The highest BCUT2D eigenvalue weighted by Crippen LogP contribution is 2.36. The maximum atomic E-state index is 13.2. The summed E-state index contributed by atoms with van der Waals surface area (Å²) in [5, 5.41) is 10.3. The van der Waals surface area contributed by atoms with Crippen molar-refractivity contribution in [1.29, 1.82) is 0 Å². The molecular formula is C20H25ClN2O3S. The van der Waals surface area contributed by atoms with Crippen LogP contribution in [-0.4, -0.2) is 48.4 Å². The summed E-state index contributed by atoms with van der Waals surface area (Å²) in [6.07, 6.45) is 0. The molecular weight excluding hydrogens is 384 g/mol. The fourth-order valence-corrected chi connectivity index (χ4v) is 5.96. The molecule has 0 spiro atoms. The Balaban J connectivity index is 1.81. The Morgan fingerprint density at radius 2 is 1.85 bits per heavy atom. The molecule has 0 saturated carbocycles. The van der Waals surface area contributed by atoms with Crippen molar-refractivity contribution in [1.82, 2.24) is 9.21 Å². The molecule has 0 amide bonds. The number of rotatable bonds is 4. The van der Waals surface area contributed by atoms with Gasteiger partial charge in [0, 0.05) is 37.8 Å². The van der Waals surface area contributed by atoms with Gasteiger partial charge in [-0.1, -0.05) is 41.9 Å². The second-order valence-electron chi connectivity index (χ2n) is 7.15. The molecule has 0 aliphatic carbocycles. The van der Waals surface area contributed by atoms with Crippen LogP contribution in [0.1, 0.15) is 23.6 Å². The lowest BCUT2D eigenvalue weighted by atomic mass is 10.1. The highest BCUT2D eigenvalue weighted by molar-refractivity contribution is 7.89. The fraction of sp³-hybridized carbons (Fsp3) is 0.400. The molecule has 2 aromatic rings. The number of benzene rings is 2. The molecule has 0 radical (unpaired) electrons. The number of hydrogen-bond donors (Lipinski definition) is 1. The maximum Gasteiger partial charge on any atom is 0.245 e. The quantitative estimate of drug-likeness (QED) is 0.840. The van der Waals surface area contributed by atoms with Crippen LogP contribution in [0.5, 0.6) is 5.75 Å². The number of hydrogen-bond acceptors (Lipinski definition) is 4. The highest BCUT2D eigenvalue weighted by atomic mass is 35.5. The van der Waals surface area contributed by atoms with Gasteiger partial charge in [0.05, 0.1) is 5.02 Å². The van der Waals surface area contributed by atoms with E-state index in [1.807, 2.05) is 25.1 Å². The van der Waals surface area contributed by atoms with Gasteiger partial charge < -0.3 is 5.11 Å². The number of phenols is 1. The largest absolute Gasteiger partial charge is 0.507 e. The van der Waals surface area contributed by atoms with Gasteiger partial charge in [0.2, 0.25) is 10.0 Å². The van der Waals surface area contributed by atoms with Crippen LogP contribution in [0, 0.1) is 13.8 Å². The van der Waals surface area contributed by atoms with Crippen LogP contribution in [0.15, 0.2) is 41.3 Å². The van der Waals surface area contributed by atoms with Crippen molar-refractivity contribution in [2.24, 2.45) is 0 Å². The summed E-state index contributed by atoms with van der Waals surface area (Å²) in [5.74, 6) is -0.0197. The minimum absolute atomic E-state index is 0.0102. The maximum absolute atomic E-state index is 13.2. The van der Waals surface area contributed by atoms with Crippen molar-refractivity contribution in [2.45, 2.75) is 38.3 Å². The first-order chi connectivity index (χ1) is 12.7. The number of sulfonamides is 1. The number of aryl methyl sites for hydroxylation is 1. The van der Waals surface area contributed by atoms with E-state index in [0.717, 1.165) is 6.54 Å². The Morgan fingerprint density at radius 1 is 1.19 bits per heavy atom. The third kappa shape index (κ3) is 3.99. The highest BCUT2D eigenvalue weighted by Gasteiger charge is 2.35. The van der Waals surface area contributed by atoms with Gasteiger partial charge in [-0.15, -0.1) is 0 Å². The number of phenolic OH excluding ortho intramolecular Hbond substituents is 1. The van der Waals surface area contributed by atoms with Crippen LogP contribution < -0.4 is 0 Å². The SMILES string of the molecule is Cc1cc(Cl)c(S(=O)(=O)N2CCN(Cc3ccccc3)C(C)C2)c(C)c1O. The van der Waals surface area contributed by atoms with Gasteiger partial charge in [0.15, 0.2) is 0 Å². The summed E-state index contributed by atoms with van der Waals surface area (Å²) in [5.41, 5.74) is 2.08. The first-order valence-corrected chi connectivity index (χ1v) is 10.8. The summed E-state index contributed by atoms with van der Waals surface area (Å²) in [7, 11) is -3.78. The van der Waals surface area contributed by atoms with Crippen LogP contribution >= 0.6 is 11.6 Å². The zero-order valence-corrected chi connectivity index (χ0v) is 17.4. The Morgan fingerprint density at radius 3 is 2.48 bits per heavy atom. The molecule has 0 bridgehead atoms. The van der Waals surface area contributed by atoms with Gasteiger partial charge in [-0.2, -0.15) is 4.31 Å². The number of nitrogens with zero attached hydrogens (tertiary/aromatic N) is 2. The molecule has 1 aliphatic rings. The number of aromatic hydroxyl groups is 1. The molecule has 7 heteroatoms. The lowest BCUT2D eigenvalue weighted by Gasteiger charge is -2.39. The second kappa shape index (κ2) is 7.80. The summed E-state index contributed by atoms with van der Waals surface area (Å²) >= 11 is 6.26. The van der Waals surface area contributed by atoms with Crippen molar-refractivity contribution < 1.29 is 13.5 Å². The van der Waals surface area contributed by atoms with Crippen LogP contribution in [-0.2, 0) is 16.6 Å². The molecule has 1 saturated heterocycles. The third-order valence-corrected chi connectivity index (χ3v) is 7.65. The van der Waals surface area contributed by atoms with Crippen LogP contribution in [0.3, 0.4) is 0 Å². The molecule has 5 nitrogen and oxygen atoms in total. The molecule has 2 aromatic carbocycles. The average Bonchev–Trinajstić information content (AvgIpc) is 2.62. The lowest BCUT2D eigenvalue weighted by Crippen LogP contribution is -2.53. The van der Waals surface area contributed by atoms with Crippen molar-refractivity contribution >= 4 is 21.6 Å². The van der Waals surface area contributed by atoms with Crippen molar-refractivity contribution in [2.75, 3.05) is 19.6 Å². The third-order valence-electron chi connectivity index (χ3n) is 5.18. The number of piperazine rings is 1. The molecule has 1 fully saturated rings. The van der Waals surface area contributed by atoms with Gasteiger partial charge in [0.25, 0.3) is 0 Å². The molecule has 1 unspecified atom stereocenters. The zero-order valence-electron chi connectivity index (χ0n) is 15.8. The average molecular weight is 409 g/mol. The molecule has 1 atom stereocenters. The van der Waals surface area contributed by atoms with E-state index in [-0.39, 0.29) is 21.7 Å². The summed E-state index contributed by atoms with van der Waals surface area (Å²) in [6.45, 7) is 7.55. The van der Waals surface area contributed by atoms with E-state index in [4.69, 9.17) is 11.6 Å². The molecule has 1 N–H and O–H groups in total. The standard InChI is InChI=1S/C20H25ClN2O3S/c1-14-11-18(21)20(16(3)19(14)24)27(25,26)23-10-9-22(15(2)12-23)13-17-7-5-4-6-8-17/h4-8,11,15,24H,9-10,12-13H2,1-3H3. The van der Waals surface area contributed by atoms with Crippen molar-refractivity contribution in [3.63, 3.8) is 0 Å². The van der Waals surface area contributed by atoms with Gasteiger partial charge in [-0.3, -0.25) is 4.90 Å². The van der Waals surface area contributed by atoms with E-state index in [9.17, 15) is 13.5 Å². The van der Waals surface area contributed by atoms with Gasteiger partial charge >= 0.3 is 0 Å². The first-order valence-electron chi connectivity index (χ1n) is 8.98. The Hall–Kier alpha value is -1.60. The van der Waals surface area contributed by atoms with E-state index < -0.39 is 10.0 Å². The molecule has 27 heavy (non-hydrogen) atoms. The second-order valence-corrected chi connectivity index (χ2v) is 9.43. The van der Waals surface area contributed by atoms with Crippen LogP contribution in [0.25, 0.3) is 0 Å². The summed E-state index contributed by atoms with van der Waals surface area (Å²) < 4.78 is 27.9. The minimum Gasteiger partial charge on any atom is -0.507 e. The summed E-state index contributed by atoms with van der Waals surface area (Å²) in [4.78, 5) is 2.29. The normalized spacial score (nSPS) is 19.3. The minimum atomic E-state index is -3.78. The van der Waals surface area contributed by atoms with E-state index in [1.165, 1.54) is 15.9 Å². The first kappa shape index (κ1) is 20.1. The number of halogens is 1. The molecule has 146 valence electrons. The fourth-order valence-electron chi connectivity index (χ4n) is 3.59. The Bertz CT molecular complexity index is 932. The molecule has 1 heterocycles. The van der Waals surface area contributed by atoms with Gasteiger partial charge in [-0.05, 0) is 38.0 Å². The lowest BCUT2D eigenvalue weighted by molar-refractivity contribution is 0.122. The van der Waals surface area contributed by atoms with E-state index in [0.29, 0.717) is 30.8 Å². The Kier molecular flexibility index (Phi) is 5.82. The van der Waals surface area contributed by atoms with Gasteiger partial charge in [0.1, 0.15) is 10.6 Å². The summed E-state index contributed by atoms with van der Waals surface area (Å²) in [6, 6.07) is 11.7. The van der Waals surface area contributed by atoms with Crippen molar-refractivity contribution in [3.8, 4) is 5.75 Å². The van der Waals surface area contributed by atoms with E-state index in [2.05, 4.69) is 17.0 Å². The van der Waals surface area contributed by atoms with Gasteiger partial charge in [-0.25, -0.2) is 8.42 Å². The molecule has 3 rings (SSSR count). The van der Waals surface area contributed by atoms with E-state index in [1.54, 1.807) is 13.8 Å². The monoisotopic (exact) mass is 408 g/mol. The molecule has 0 aromatic heterocycles. The smallest absolute Gasteiger partial charge is 0.245 e. The molecule has 1 aliphatic heterocycles. The van der Waals surface area contributed by atoms with Crippen LogP contribution in [0.4, 0.5) is 0 Å². The Labute approximate surface area is 166 Å². The van der Waals surface area contributed by atoms with Crippen molar-refractivity contribution in [3.05, 3.63) is 58.1 Å². The zero-order chi connectivity index (χ0) is 19.8. The van der Waals surface area contributed by atoms with E-state index >= 15 is 0 Å². The predicted octanol–water partition coefficient (Wildman–Crippen LogP) is 3.56. The van der Waals surface area contributed by atoms with Crippen LogP contribution in [0.2, 0.25) is 5.02 Å². The topological polar surface area (TPSA) is 60.9 Å².